The average Bonchev–Trinajstić information content (AvgIpc) is 2.88. The number of ether oxygens (including phenoxy) is 1. The molecule has 0 bridgehead atoms. The Balaban J connectivity index is 1.99. The summed E-state index contributed by atoms with van der Waals surface area (Å²) in [6, 6.07) is 4.52. The lowest BCUT2D eigenvalue weighted by Gasteiger charge is -2.41. The highest BCUT2D eigenvalue weighted by molar-refractivity contribution is 7.89. The zero-order valence-corrected chi connectivity index (χ0v) is 12.1. The number of alkyl halides is 1. The number of benzene rings is 1. The maximum atomic E-state index is 14.4. The van der Waals surface area contributed by atoms with Gasteiger partial charge in [0.15, 0.2) is 11.9 Å². The van der Waals surface area contributed by atoms with Gasteiger partial charge in [0.2, 0.25) is 10.0 Å². The molecular formula is C13H16F2N2O3S. The Morgan fingerprint density at radius 3 is 2.71 bits per heavy atom. The van der Waals surface area contributed by atoms with Gasteiger partial charge < -0.3 is 10.1 Å². The molecule has 2 saturated heterocycles. The number of sulfonamides is 1. The van der Waals surface area contributed by atoms with Gasteiger partial charge in [-0.25, -0.2) is 17.2 Å². The molecule has 2 aliphatic heterocycles. The number of halogens is 2. The molecule has 2 aliphatic rings. The van der Waals surface area contributed by atoms with Gasteiger partial charge in [0.1, 0.15) is 5.82 Å². The van der Waals surface area contributed by atoms with E-state index in [1.165, 1.54) is 12.1 Å². The quantitative estimate of drug-likeness (QED) is 0.879. The summed E-state index contributed by atoms with van der Waals surface area (Å²) < 4.78 is 59.3. The minimum atomic E-state index is -3.92. The van der Waals surface area contributed by atoms with Crippen LogP contribution in [0.5, 0.6) is 0 Å². The third-order valence-corrected chi connectivity index (χ3v) is 5.88. The minimum Gasteiger partial charge on any atom is -0.355 e. The fraction of sp³-hybridized carbons (Fsp3) is 0.538. The highest BCUT2D eigenvalue weighted by Crippen LogP contribution is 2.38. The van der Waals surface area contributed by atoms with Crippen molar-refractivity contribution in [2.24, 2.45) is 0 Å². The van der Waals surface area contributed by atoms with E-state index in [-0.39, 0.29) is 31.0 Å². The molecule has 3 rings (SSSR count). The van der Waals surface area contributed by atoms with Gasteiger partial charge in [0, 0.05) is 19.5 Å². The van der Waals surface area contributed by atoms with Crippen LogP contribution in [0.4, 0.5) is 8.78 Å². The Hall–Kier alpha value is -1.09. The lowest BCUT2D eigenvalue weighted by Crippen LogP contribution is -2.61. The summed E-state index contributed by atoms with van der Waals surface area (Å²) in [6.07, 6.45) is -1.20. The van der Waals surface area contributed by atoms with Gasteiger partial charge in [0.25, 0.3) is 0 Å². The molecule has 5 nitrogen and oxygen atoms in total. The molecule has 1 spiro atoms. The number of piperidine rings is 1. The third kappa shape index (κ3) is 2.36. The van der Waals surface area contributed by atoms with E-state index in [0.717, 1.165) is 16.4 Å². The van der Waals surface area contributed by atoms with Crippen LogP contribution in [0.2, 0.25) is 0 Å². The summed E-state index contributed by atoms with van der Waals surface area (Å²) in [7, 11) is -3.92. The predicted molar refractivity (Wildman–Crippen MR) is 71.4 cm³/mol. The molecular weight excluding hydrogens is 302 g/mol. The summed E-state index contributed by atoms with van der Waals surface area (Å²) >= 11 is 0. The summed E-state index contributed by atoms with van der Waals surface area (Å²) in [5.74, 6) is -0.522. The number of hydrogen-bond donors (Lipinski definition) is 1. The number of nitrogens with one attached hydrogen (secondary N) is 1. The van der Waals surface area contributed by atoms with Crippen molar-refractivity contribution >= 4 is 10.0 Å². The molecule has 1 aromatic rings. The van der Waals surface area contributed by atoms with Gasteiger partial charge in [-0.15, -0.1) is 0 Å². The molecule has 0 radical (unpaired) electrons. The van der Waals surface area contributed by atoms with Crippen LogP contribution in [-0.4, -0.2) is 50.9 Å². The fourth-order valence-corrected chi connectivity index (χ4v) is 4.59. The predicted octanol–water partition coefficient (Wildman–Crippen LogP) is 0.874. The molecule has 0 aliphatic carbocycles. The van der Waals surface area contributed by atoms with E-state index in [0.29, 0.717) is 6.54 Å². The van der Waals surface area contributed by atoms with Crippen LogP contribution in [-0.2, 0) is 14.8 Å². The number of nitrogens with zero attached hydrogens (tertiary/aromatic N) is 1. The molecule has 8 heteroatoms. The van der Waals surface area contributed by atoms with E-state index in [1.54, 1.807) is 0 Å². The average molecular weight is 318 g/mol. The largest absolute Gasteiger partial charge is 0.355 e. The smallest absolute Gasteiger partial charge is 0.245 e. The first-order valence-corrected chi connectivity index (χ1v) is 8.18. The van der Waals surface area contributed by atoms with E-state index in [4.69, 9.17) is 4.74 Å². The topological polar surface area (TPSA) is 58.6 Å². The second-order valence-electron chi connectivity index (χ2n) is 5.15. The Morgan fingerprint density at radius 1 is 1.33 bits per heavy atom. The molecule has 2 atom stereocenters. The molecule has 116 valence electrons. The summed E-state index contributed by atoms with van der Waals surface area (Å²) in [6.45, 7) is 0.784. The highest BCUT2D eigenvalue weighted by Gasteiger charge is 2.55. The van der Waals surface area contributed by atoms with Crippen LogP contribution in [0.25, 0.3) is 0 Å². The Labute approximate surface area is 121 Å². The monoisotopic (exact) mass is 318 g/mol. The van der Waals surface area contributed by atoms with Crippen molar-refractivity contribution in [1.82, 2.24) is 9.62 Å². The van der Waals surface area contributed by atoms with Crippen LogP contribution in [0.15, 0.2) is 29.2 Å². The van der Waals surface area contributed by atoms with Gasteiger partial charge in [-0.05, 0) is 30.8 Å². The lowest BCUT2D eigenvalue weighted by molar-refractivity contribution is -0.120. The van der Waals surface area contributed by atoms with Gasteiger partial charge >= 0.3 is 0 Å². The van der Waals surface area contributed by atoms with E-state index < -0.39 is 27.7 Å². The first-order chi connectivity index (χ1) is 9.97. The van der Waals surface area contributed by atoms with Gasteiger partial charge in [-0.1, -0.05) is 0 Å². The van der Waals surface area contributed by atoms with E-state index in [9.17, 15) is 17.2 Å². The molecule has 21 heavy (non-hydrogen) atoms. The lowest BCUT2D eigenvalue weighted by atomic mass is 10.0. The molecule has 1 N–H and O–H groups in total. The zero-order valence-electron chi connectivity index (χ0n) is 11.3. The molecule has 2 fully saturated rings. The Kier molecular flexibility index (Phi) is 3.73. The second kappa shape index (κ2) is 5.28. The molecule has 0 saturated carbocycles. The van der Waals surface area contributed by atoms with Gasteiger partial charge in [-0.2, -0.15) is 4.31 Å². The van der Waals surface area contributed by atoms with E-state index in [2.05, 4.69) is 5.32 Å². The molecule has 0 aromatic heterocycles. The van der Waals surface area contributed by atoms with Crippen LogP contribution in [0.3, 0.4) is 0 Å². The maximum absolute atomic E-state index is 14.4. The van der Waals surface area contributed by atoms with Crippen LogP contribution in [0.1, 0.15) is 6.42 Å². The zero-order chi connectivity index (χ0) is 15.1. The fourth-order valence-electron chi connectivity index (χ4n) is 2.88. The Morgan fingerprint density at radius 2 is 2.05 bits per heavy atom. The van der Waals surface area contributed by atoms with Crippen molar-refractivity contribution in [1.29, 1.82) is 0 Å². The van der Waals surface area contributed by atoms with Crippen molar-refractivity contribution in [2.45, 2.75) is 23.2 Å². The molecule has 0 amide bonds. The van der Waals surface area contributed by atoms with E-state index in [1.807, 2.05) is 0 Å². The number of hydrogen-bond acceptors (Lipinski definition) is 4. The van der Waals surface area contributed by atoms with Crippen molar-refractivity contribution in [3.05, 3.63) is 30.1 Å². The maximum Gasteiger partial charge on any atom is 0.245 e. The second-order valence-corrected chi connectivity index (χ2v) is 7.01. The molecule has 1 aromatic carbocycles. The Bertz CT molecular complexity index is 623. The van der Waals surface area contributed by atoms with Crippen LogP contribution < -0.4 is 5.32 Å². The van der Waals surface area contributed by atoms with Crippen molar-refractivity contribution in [3.63, 3.8) is 0 Å². The first kappa shape index (κ1) is 14.8. The minimum absolute atomic E-state index is 0.0510. The summed E-state index contributed by atoms with van der Waals surface area (Å²) in [4.78, 5) is -0.0560. The molecule has 2 heterocycles. The van der Waals surface area contributed by atoms with Crippen LogP contribution >= 0.6 is 0 Å². The van der Waals surface area contributed by atoms with Gasteiger partial charge in [-0.3, -0.25) is 0 Å². The standard InChI is InChI=1S/C13H16F2N2O3S/c14-10-1-3-11(4-2-10)21(18,19)17-7-8-20-13(17)5-6-16-9-12(13)15/h1-4,12,16H,5-9H2. The molecule has 2 unspecified atom stereocenters. The number of rotatable bonds is 2. The van der Waals surface area contributed by atoms with Gasteiger partial charge in [0.05, 0.1) is 11.5 Å². The summed E-state index contributed by atoms with van der Waals surface area (Å²) in [5, 5.41) is 2.88. The normalized spacial score (nSPS) is 30.9. The van der Waals surface area contributed by atoms with Crippen LogP contribution in [0, 0.1) is 5.82 Å². The third-order valence-electron chi connectivity index (χ3n) is 3.94. The van der Waals surface area contributed by atoms with Crippen molar-refractivity contribution in [2.75, 3.05) is 26.2 Å². The summed E-state index contributed by atoms with van der Waals surface area (Å²) in [5.41, 5.74) is -1.45. The van der Waals surface area contributed by atoms with Crippen molar-refractivity contribution in [3.8, 4) is 0 Å². The van der Waals surface area contributed by atoms with Crippen molar-refractivity contribution < 1.29 is 21.9 Å². The first-order valence-electron chi connectivity index (χ1n) is 6.74. The highest BCUT2D eigenvalue weighted by atomic mass is 32.2. The SMILES string of the molecule is O=S(=O)(c1ccc(F)cc1)N1CCOC12CCNCC2F. The van der Waals surface area contributed by atoms with E-state index >= 15 is 0 Å².